The van der Waals surface area contributed by atoms with Gasteiger partial charge in [-0.2, -0.15) is 0 Å². The standard InChI is InChI=1S/C23H19N3O6S/c1-12-24-25-23(33-12)26-19(13-4-3-5-15(10-13)30-2)18(21(28)22(26)29)20(27)14-6-7-16-17(11-14)32-9-8-31-16/h3-7,10-11,19,27H,8-9H2,1-2H3/t19-/m1/s1. The van der Waals surface area contributed by atoms with Crippen LogP contribution in [0.15, 0.2) is 48.0 Å². The Morgan fingerprint density at radius 2 is 1.91 bits per heavy atom. The highest BCUT2D eigenvalue weighted by Crippen LogP contribution is 2.44. The molecule has 2 aliphatic rings. The Kier molecular flexibility index (Phi) is 5.21. The highest BCUT2D eigenvalue weighted by atomic mass is 32.1. The molecule has 10 heteroatoms. The maximum Gasteiger partial charge on any atom is 0.301 e. The quantitative estimate of drug-likeness (QED) is 0.355. The summed E-state index contributed by atoms with van der Waals surface area (Å²) in [5, 5.41) is 20.2. The van der Waals surface area contributed by atoms with E-state index >= 15 is 0 Å². The number of fused-ring (bicyclic) bond motifs is 1. The van der Waals surface area contributed by atoms with Crippen LogP contribution in [0.25, 0.3) is 5.76 Å². The van der Waals surface area contributed by atoms with Crippen molar-refractivity contribution in [3.05, 3.63) is 64.2 Å². The molecule has 0 radical (unpaired) electrons. The molecule has 2 aromatic carbocycles. The van der Waals surface area contributed by atoms with Crippen LogP contribution >= 0.6 is 11.3 Å². The number of methoxy groups -OCH3 is 1. The van der Waals surface area contributed by atoms with Crippen LogP contribution in [0.2, 0.25) is 0 Å². The van der Waals surface area contributed by atoms with Gasteiger partial charge in [-0.1, -0.05) is 23.5 Å². The molecule has 0 spiro atoms. The van der Waals surface area contributed by atoms with Gasteiger partial charge in [0.05, 0.1) is 18.7 Å². The molecule has 1 atom stereocenters. The molecule has 1 fully saturated rings. The van der Waals surface area contributed by atoms with Crippen LogP contribution in [0.5, 0.6) is 17.2 Å². The second-order valence-corrected chi connectivity index (χ2v) is 8.57. The molecular weight excluding hydrogens is 446 g/mol. The van der Waals surface area contributed by atoms with Crippen molar-refractivity contribution >= 4 is 33.9 Å². The van der Waals surface area contributed by atoms with Crippen molar-refractivity contribution in [2.45, 2.75) is 13.0 Å². The van der Waals surface area contributed by atoms with Gasteiger partial charge in [0, 0.05) is 5.56 Å². The number of hydrogen-bond donors (Lipinski definition) is 1. The number of ketones is 1. The molecule has 0 unspecified atom stereocenters. The molecule has 3 heterocycles. The van der Waals surface area contributed by atoms with Gasteiger partial charge < -0.3 is 19.3 Å². The van der Waals surface area contributed by atoms with Gasteiger partial charge in [-0.25, -0.2) is 0 Å². The maximum absolute atomic E-state index is 13.2. The normalized spacial score (nSPS) is 19.1. The lowest BCUT2D eigenvalue weighted by Gasteiger charge is -2.23. The Morgan fingerprint density at radius 3 is 2.64 bits per heavy atom. The minimum absolute atomic E-state index is 0.0576. The topological polar surface area (TPSA) is 111 Å². The second-order valence-electron chi connectivity index (χ2n) is 7.41. The SMILES string of the molecule is COc1cccc([C@@H]2C(=C(O)c3ccc4c(c3)OCCO4)C(=O)C(=O)N2c2nnc(C)s2)c1. The van der Waals surface area contributed by atoms with E-state index in [0.29, 0.717) is 46.6 Å². The highest BCUT2D eigenvalue weighted by molar-refractivity contribution is 7.15. The van der Waals surface area contributed by atoms with Gasteiger partial charge in [-0.15, -0.1) is 10.2 Å². The molecule has 3 aromatic rings. The van der Waals surface area contributed by atoms with E-state index in [1.807, 2.05) is 0 Å². The second kappa shape index (κ2) is 8.21. The Hall–Kier alpha value is -3.92. The summed E-state index contributed by atoms with van der Waals surface area (Å²) in [5.74, 6) is -0.377. The number of benzene rings is 2. The van der Waals surface area contributed by atoms with Crippen molar-refractivity contribution in [2.75, 3.05) is 25.2 Å². The Labute approximate surface area is 192 Å². The summed E-state index contributed by atoms with van der Waals surface area (Å²) < 4.78 is 16.5. The van der Waals surface area contributed by atoms with Crippen molar-refractivity contribution in [2.24, 2.45) is 0 Å². The van der Waals surface area contributed by atoms with Crippen LogP contribution in [0.3, 0.4) is 0 Å². The van der Waals surface area contributed by atoms with Crippen LogP contribution in [0.1, 0.15) is 22.2 Å². The number of nitrogens with zero attached hydrogens (tertiary/aromatic N) is 3. The summed E-state index contributed by atoms with van der Waals surface area (Å²) in [6.07, 6.45) is 0. The zero-order chi connectivity index (χ0) is 23.1. The molecule has 1 N–H and O–H groups in total. The van der Waals surface area contributed by atoms with Crippen LogP contribution in [0.4, 0.5) is 5.13 Å². The van der Waals surface area contributed by atoms with E-state index in [1.165, 1.54) is 23.3 Å². The van der Waals surface area contributed by atoms with E-state index in [2.05, 4.69) is 10.2 Å². The summed E-state index contributed by atoms with van der Waals surface area (Å²) in [4.78, 5) is 27.6. The molecule has 1 amide bonds. The fourth-order valence-electron chi connectivity index (χ4n) is 3.89. The molecule has 5 rings (SSSR count). The zero-order valence-corrected chi connectivity index (χ0v) is 18.6. The van der Waals surface area contributed by atoms with Gasteiger partial charge in [-0.3, -0.25) is 14.5 Å². The van der Waals surface area contributed by atoms with E-state index < -0.39 is 17.7 Å². The first kappa shape index (κ1) is 21.0. The smallest absolute Gasteiger partial charge is 0.301 e. The number of carbonyl (C=O) groups excluding carboxylic acids is 2. The van der Waals surface area contributed by atoms with E-state index in [4.69, 9.17) is 14.2 Å². The third-order valence-electron chi connectivity index (χ3n) is 5.39. The number of aryl methyl sites for hydroxylation is 1. The van der Waals surface area contributed by atoms with E-state index in [-0.39, 0.29) is 16.5 Å². The molecule has 0 bridgehead atoms. The molecule has 0 saturated carbocycles. The number of aromatic nitrogens is 2. The Balaban J connectivity index is 1.70. The van der Waals surface area contributed by atoms with Gasteiger partial charge in [-0.05, 0) is 42.8 Å². The van der Waals surface area contributed by atoms with Crippen LogP contribution in [-0.4, -0.2) is 47.3 Å². The molecule has 0 aliphatic carbocycles. The first-order valence-electron chi connectivity index (χ1n) is 10.1. The van der Waals surface area contributed by atoms with Gasteiger partial charge >= 0.3 is 5.91 Å². The summed E-state index contributed by atoms with van der Waals surface area (Å²) in [5.41, 5.74) is 0.858. The molecule has 33 heavy (non-hydrogen) atoms. The number of carbonyl (C=O) groups is 2. The van der Waals surface area contributed by atoms with Crippen LogP contribution in [-0.2, 0) is 9.59 Å². The number of aliphatic hydroxyl groups excluding tert-OH is 1. The molecular formula is C23H19N3O6S. The van der Waals surface area contributed by atoms with Crippen molar-refractivity contribution < 1.29 is 28.9 Å². The number of Topliss-reactive ketones (excluding diaryl/α,β-unsaturated/α-hetero) is 1. The van der Waals surface area contributed by atoms with Crippen LogP contribution in [0, 0.1) is 6.92 Å². The molecule has 1 aromatic heterocycles. The fraction of sp³-hybridized carbons (Fsp3) is 0.217. The number of anilines is 1. The first-order valence-corrected chi connectivity index (χ1v) is 10.9. The summed E-state index contributed by atoms with van der Waals surface area (Å²) >= 11 is 1.19. The average Bonchev–Trinajstić information content (AvgIpc) is 3.38. The van der Waals surface area contributed by atoms with Crippen molar-refractivity contribution in [3.8, 4) is 17.2 Å². The number of ether oxygens (including phenoxy) is 3. The largest absolute Gasteiger partial charge is 0.507 e. The third kappa shape index (κ3) is 3.58. The average molecular weight is 465 g/mol. The number of rotatable bonds is 4. The summed E-state index contributed by atoms with van der Waals surface area (Å²) in [6.45, 7) is 2.57. The van der Waals surface area contributed by atoms with Gasteiger partial charge in [0.15, 0.2) is 11.5 Å². The fourth-order valence-corrected chi connectivity index (χ4v) is 4.60. The first-order chi connectivity index (χ1) is 16.0. The zero-order valence-electron chi connectivity index (χ0n) is 17.8. The number of hydrogen-bond acceptors (Lipinski definition) is 9. The van der Waals surface area contributed by atoms with Crippen molar-refractivity contribution in [3.63, 3.8) is 0 Å². The predicted molar refractivity (Wildman–Crippen MR) is 120 cm³/mol. The minimum atomic E-state index is -0.916. The maximum atomic E-state index is 13.2. The molecule has 2 aliphatic heterocycles. The lowest BCUT2D eigenvalue weighted by Crippen LogP contribution is -2.29. The van der Waals surface area contributed by atoms with Gasteiger partial charge in [0.25, 0.3) is 5.78 Å². The van der Waals surface area contributed by atoms with E-state index in [9.17, 15) is 14.7 Å². The van der Waals surface area contributed by atoms with E-state index in [0.717, 1.165) is 0 Å². The van der Waals surface area contributed by atoms with Crippen LogP contribution < -0.4 is 19.1 Å². The third-order valence-corrected chi connectivity index (χ3v) is 6.23. The number of amides is 1. The summed E-state index contributed by atoms with van der Waals surface area (Å²) in [7, 11) is 1.53. The highest BCUT2D eigenvalue weighted by Gasteiger charge is 2.48. The predicted octanol–water partition coefficient (Wildman–Crippen LogP) is 3.25. The van der Waals surface area contributed by atoms with Gasteiger partial charge in [0.1, 0.15) is 29.7 Å². The van der Waals surface area contributed by atoms with Gasteiger partial charge in [0.2, 0.25) is 5.13 Å². The monoisotopic (exact) mass is 465 g/mol. The summed E-state index contributed by atoms with van der Waals surface area (Å²) in [6, 6.07) is 10.9. The van der Waals surface area contributed by atoms with Crippen molar-refractivity contribution in [1.29, 1.82) is 0 Å². The minimum Gasteiger partial charge on any atom is -0.507 e. The number of aliphatic hydroxyl groups is 1. The molecule has 9 nitrogen and oxygen atoms in total. The Bertz CT molecular complexity index is 1300. The lowest BCUT2D eigenvalue weighted by molar-refractivity contribution is -0.132. The Morgan fingerprint density at radius 1 is 1.12 bits per heavy atom. The van der Waals surface area contributed by atoms with E-state index in [1.54, 1.807) is 49.4 Å². The lowest BCUT2D eigenvalue weighted by atomic mass is 9.95. The molecule has 1 saturated heterocycles. The molecule has 168 valence electrons. The van der Waals surface area contributed by atoms with Crippen molar-refractivity contribution in [1.82, 2.24) is 10.2 Å².